The molecular formula is C12H10N4. The Bertz CT molecular complexity index is 690. The molecule has 0 aromatic carbocycles. The molecule has 0 spiro atoms. The largest absolute Gasteiger partial charge is 0.275 e. The molecule has 3 aromatic rings. The van der Waals surface area contributed by atoms with Crippen LogP contribution in [0.4, 0.5) is 0 Å². The van der Waals surface area contributed by atoms with E-state index in [9.17, 15) is 0 Å². The minimum atomic E-state index is 0.461. The summed E-state index contributed by atoms with van der Waals surface area (Å²) in [7, 11) is 1.86. The maximum atomic E-state index is 7.84. The van der Waals surface area contributed by atoms with Crippen LogP contribution in [-0.2, 0) is 7.05 Å². The summed E-state index contributed by atoms with van der Waals surface area (Å²) >= 11 is 0. The topological polar surface area (TPSA) is 43.6 Å². The van der Waals surface area contributed by atoms with Crippen LogP contribution in [0.25, 0.3) is 22.2 Å². The first-order valence-electron chi connectivity index (χ1n) is 5.44. The Morgan fingerprint density at radius 3 is 3.06 bits per heavy atom. The molecule has 0 aliphatic carbocycles. The molecule has 0 atom stereocenters. The maximum Gasteiger partial charge on any atom is 0.0885 e. The van der Waals surface area contributed by atoms with Crippen LogP contribution >= 0.6 is 0 Å². The second kappa shape index (κ2) is 3.41. The number of fused-ring (bicyclic) bond motifs is 1. The SMILES string of the molecule is [2H]c1ccnc2cnc(-c3cnn(C)c3)cc12. The van der Waals surface area contributed by atoms with Crippen LogP contribution in [0.3, 0.4) is 0 Å². The van der Waals surface area contributed by atoms with Crippen molar-refractivity contribution in [2.24, 2.45) is 7.05 Å². The third-order valence-corrected chi connectivity index (χ3v) is 2.41. The molecule has 0 saturated heterocycles. The molecule has 0 amide bonds. The quantitative estimate of drug-likeness (QED) is 0.618. The Kier molecular flexibility index (Phi) is 1.70. The predicted octanol–water partition coefficient (Wildman–Crippen LogP) is 2.03. The monoisotopic (exact) mass is 211 g/mol. The van der Waals surface area contributed by atoms with Crippen molar-refractivity contribution in [2.75, 3.05) is 0 Å². The van der Waals surface area contributed by atoms with E-state index in [2.05, 4.69) is 15.1 Å². The molecule has 78 valence electrons. The standard InChI is InChI=1S/C12H10N4/c1-16-8-10(6-15-16)11-5-9-3-2-4-13-12(9)7-14-11/h2-8H,1H3/i3D. The van der Waals surface area contributed by atoms with E-state index in [1.165, 1.54) is 0 Å². The van der Waals surface area contributed by atoms with Crippen LogP contribution in [0.1, 0.15) is 1.37 Å². The molecule has 3 rings (SSSR count). The Morgan fingerprint density at radius 1 is 1.31 bits per heavy atom. The van der Waals surface area contributed by atoms with Gasteiger partial charge in [-0.2, -0.15) is 5.10 Å². The van der Waals surface area contributed by atoms with E-state index in [0.717, 1.165) is 22.2 Å². The molecule has 0 radical (unpaired) electrons. The zero-order valence-corrected chi connectivity index (χ0v) is 8.75. The number of aryl methyl sites for hydroxylation is 1. The predicted molar refractivity (Wildman–Crippen MR) is 61.7 cm³/mol. The Balaban J connectivity index is 2.22. The normalized spacial score (nSPS) is 11.7. The number of pyridine rings is 2. The highest BCUT2D eigenvalue weighted by molar-refractivity contribution is 5.81. The summed E-state index contributed by atoms with van der Waals surface area (Å²) in [6.45, 7) is 0. The van der Waals surface area contributed by atoms with E-state index in [0.29, 0.717) is 6.04 Å². The van der Waals surface area contributed by atoms with Gasteiger partial charge in [-0.05, 0) is 12.1 Å². The van der Waals surface area contributed by atoms with E-state index in [4.69, 9.17) is 1.37 Å². The van der Waals surface area contributed by atoms with Gasteiger partial charge in [-0.15, -0.1) is 0 Å². The lowest BCUT2D eigenvalue weighted by atomic mass is 10.2. The molecule has 3 aromatic heterocycles. The van der Waals surface area contributed by atoms with Crippen molar-refractivity contribution in [3.05, 3.63) is 43.0 Å². The fourth-order valence-electron chi connectivity index (χ4n) is 1.62. The number of aromatic nitrogens is 4. The van der Waals surface area contributed by atoms with Gasteiger partial charge in [0.15, 0.2) is 0 Å². The van der Waals surface area contributed by atoms with Gasteiger partial charge in [0.05, 0.1) is 25.0 Å². The Hall–Kier alpha value is -2.23. The molecule has 0 bridgehead atoms. The molecule has 0 saturated carbocycles. The number of hydrogen-bond donors (Lipinski definition) is 0. The molecule has 16 heavy (non-hydrogen) atoms. The fraction of sp³-hybridized carbons (Fsp3) is 0.0833. The summed E-state index contributed by atoms with van der Waals surface area (Å²) in [5.41, 5.74) is 2.50. The van der Waals surface area contributed by atoms with Gasteiger partial charge in [0.1, 0.15) is 0 Å². The first kappa shape index (κ1) is 7.98. The molecule has 0 aliphatic rings. The molecule has 3 heterocycles. The van der Waals surface area contributed by atoms with E-state index in [1.807, 2.05) is 19.3 Å². The summed E-state index contributed by atoms with van der Waals surface area (Å²) in [6, 6.07) is 4.01. The molecule has 0 unspecified atom stereocenters. The Morgan fingerprint density at radius 2 is 2.25 bits per heavy atom. The molecule has 0 fully saturated rings. The smallest absolute Gasteiger partial charge is 0.0885 e. The maximum absolute atomic E-state index is 7.84. The van der Waals surface area contributed by atoms with Crippen LogP contribution in [0.5, 0.6) is 0 Å². The van der Waals surface area contributed by atoms with Crippen molar-refractivity contribution in [3.63, 3.8) is 0 Å². The fourth-order valence-corrected chi connectivity index (χ4v) is 1.62. The average Bonchev–Trinajstić information content (AvgIpc) is 2.76. The summed E-state index contributed by atoms with van der Waals surface area (Å²) in [5.74, 6) is 0. The number of rotatable bonds is 1. The lowest BCUT2D eigenvalue weighted by Crippen LogP contribution is -1.85. The van der Waals surface area contributed by atoms with Gasteiger partial charge in [0.2, 0.25) is 0 Å². The summed E-state index contributed by atoms with van der Waals surface area (Å²) in [5, 5.41) is 4.92. The first-order valence-corrected chi connectivity index (χ1v) is 4.94. The van der Waals surface area contributed by atoms with Gasteiger partial charge in [0.25, 0.3) is 0 Å². The third-order valence-electron chi connectivity index (χ3n) is 2.41. The van der Waals surface area contributed by atoms with Crippen LogP contribution < -0.4 is 0 Å². The van der Waals surface area contributed by atoms with E-state index in [1.54, 1.807) is 29.3 Å². The van der Waals surface area contributed by atoms with Gasteiger partial charge in [-0.1, -0.05) is 6.04 Å². The number of nitrogens with zero attached hydrogens (tertiary/aromatic N) is 4. The van der Waals surface area contributed by atoms with Crippen molar-refractivity contribution in [1.29, 1.82) is 0 Å². The van der Waals surface area contributed by atoms with Crippen LogP contribution in [0, 0.1) is 0 Å². The third kappa shape index (κ3) is 1.44. The van der Waals surface area contributed by atoms with E-state index < -0.39 is 0 Å². The zero-order chi connectivity index (χ0) is 11.8. The van der Waals surface area contributed by atoms with Crippen molar-refractivity contribution >= 4 is 10.9 Å². The average molecular weight is 211 g/mol. The van der Waals surface area contributed by atoms with Crippen LogP contribution in [0.15, 0.2) is 43.0 Å². The molecular weight excluding hydrogens is 200 g/mol. The zero-order valence-electron chi connectivity index (χ0n) is 9.75. The molecule has 0 N–H and O–H groups in total. The first-order chi connectivity index (χ1) is 8.24. The van der Waals surface area contributed by atoms with Crippen LogP contribution in [0.2, 0.25) is 0 Å². The van der Waals surface area contributed by atoms with E-state index in [-0.39, 0.29) is 0 Å². The number of hydrogen-bond acceptors (Lipinski definition) is 3. The molecule has 4 nitrogen and oxygen atoms in total. The van der Waals surface area contributed by atoms with Gasteiger partial charge in [-0.25, -0.2) is 0 Å². The highest BCUT2D eigenvalue weighted by Gasteiger charge is 2.03. The van der Waals surface area contributed by atoms with Gasteiger partial charge >= 0.3 is 0 Å². The summed E-state index contributed by atoms with van der Waals surface area (Å²) in [6.07, 6.45) is 6.97. The lowest BCUT2D eigenvalue weighted by Gasteiger charge is -1.99. The van der Waals surface area contributed by atoms with Gasteiger partial charge in [0, 0.05) is 30.4 Å². The second-order valence-electron chi connectivity index (χ2n) is 3.58. The summed E-state index contributed by atoms with van der Waals surface area (Å²) < 4.78 is 9.57. The van der Waals surface area contributed by atoms with Crippen LogP contribution in [-0.4, -0.2) is 19.7 Å². The van der Waals surface area contributed by atoms with Gasteiger partial charge < -0.3 is 0 Å². The minimum Gasteiger partial charge on any atom is -0.275 e. The van der Waals surface area contributed by atoms with E-state index >= 15 is 0 Å². The van der Waals surface area contributed by atoms with Crippen molar-refractivity contribution in [2.45, 2.75) is 0 Å². The second-order valence-corrected chi connectivity index (χ2v) is 3.58. The molecule has 4 heteroatoms. The van der Waals surface area contributed by atoms with Crippen molar-refractivity contribution in [1.82, 2.24) is 19.7 Å². The lowest BCUT2D eigenvalue weighted by molar-refractivity contribution is 0.768. The molecule has 0 aliphatic heterocycles. The Labute approximate surface area is 94.0 Å². The van der Waals surface area contributed by atoms with Crippen molar-refractivity contribution in [3.8, 4) is 11.3 Å². The highest BCUT2D eigenvalue weighted by atomic mass is 15.2. The van der Waals surface area contributed by atoms with Crippen molar-refractivity contribution < 1.29 is 1.37 Å². The summed E-state index contributed by atoms with van der Waals surface area (Å²) in [4.78, 5) is 8.51. The minimum absolute atomic E-state index is 0.461. The highest BCUT2D eigenvalue weighted by Crippen LogP contribution is 2.19. The van der Waals surface area contributed by atoms with Gasteiger partial charge in [-0.3, -0.25) is 14.6 Å².